The van der Waals surface area contributed by atoms with E-state index in [0.717, 1.165) is 0 Å². The van der Waals surface area contributed by atoms with Crippen molar-refractivity contribution in [3.8, 4) is 11.8 Å². The summed E-state index contributed by atoms with van der Waals surface area (Å²) < 4.78 is 20.8. The SMILES string of the molecule is CC(C)n1nc(Br)nc1Oc1ccccc1F. The summed E-state index contributed by atoms with van der Waals surface area (Å²) in [7, 11) is 0. The Kier molecular flexibility index (Phi) is 3.42. The molecule has 0 amide bonds. The van der Waals surface area contributed by atoms with E-state index in [-0.39, 0.29) is 17.8 Å². The lowest BCUT2D eigenvalue weighted by atomic mass is 10.3. The van der Waals surface area contributed by atoms with Crippen LogP contribution in [0.1, 0.15) is 19.9 Å². The quantitative estimate of drug-likeness (QED) is 0.870. The molecule has 6 heteroatoms. The molecule has 90 valence electrons. The number of halogens is 2. The van der Waals surface area contributed by atoms with E-state index >= 15 is 0 Å². The fourth-order valence-corrected chi connectivity index (χ4v) is 1.64. The van der Waals surface area contributed by atoms with Crippen LogP contribution >= 0.6 is 15.9 Å². The number of aromatic nitrogens is 3. The van der Waals surface area contributed by atoms with E-state index in [0.29, 0.717) is 4.73 Å². The van der Waals surface area contributed by atoms with Crippen LogP contribution in [0.3, 0.4) is 0 Å². The number of para-hydroxylation sites is 1. The molecule has 1 aromatic carbocycles. The first kappa shape index (κ1) is 12.0. The molecule has 0 aliphatic heterocycles. The molecule has 0 saturated carbocycles. The predicted octanol–water partition coefficient (Wildman–Crippen LogP) is 3.55. The van der Waals surface area contributed by atoms with Crippen LogP contribution in [-0.2, 0) is 0 Å². The minimum atomic E-state index is -0.429. The first-order valence-electron chi connectivity index (χ1n) is 5.12. The van der Waals surface area contributed by atoms with Crippen molar-refractivity contribution in [2.45, 2.75) is 19.9 Å². The van der Waals surface area contributed by atoms with Gasteiger partial charge in [0, 0.05) is 0 Å². The Morgan fingerprint density at radius 1 is 1.35 bits per heavy atom. The van der Waals surface area contributed by atoms with E-state index in [4.69, 9.17) is 4.74 Å². The molecule has 0 aliphatic carbocycles. The predicted molar refractivity (Wildman–Crippen MR) is 64.6 cm³/mol. The van der Waals surface area contributed by atoms with E-state index in [1.807, 2.05) is 13.8 Å². The number of nitrogens with zero attached hydrogens (tertiary/aromatic N) is 3. The Morgan fingerprint density at radius 3 is 2.71 bits per heavy atom. The summed E-state index contributed by atoms with van der Waals surface area (Å²) >= 11 is 3.17. The van der Waals surface area contributed by atoms with Crippen molar-refractivity contribution in [2.24, 2.45) is 0 Å². The van der Waals surface area contributed by atoms with Crippen LogP contribution in [0.5, 0.6) is 11.8 Å². The van der Waals surface area contributed by atoms with Gasteiger partial charge in [0.05, 0.1) is 6.04 Å². The van der Waals surface area contributed by atoms with Gasteiger partial charge in [-0.1, -0.05) is 12.1 Å². The summed E-state index contributed by atoms with van der Waals surface area (Å²) in [5, 5.41) is 4.11. The molecule has 0 saturated heterocycles. The first-order chi connectivity index (χ1) is 8.08. The highest BCUT2D eigenvalue weighted by molar-refractivity contribution is 9.10. The van der Waals surface area contributed by atoms with Crippen molar-refractivity contribution < 1.29 is 9.13 Å². The second-order valence-corrected chi connectivity index (χ2v) is 4.44. The zero-order chi connectivity index (χ0) is 12.4. The van der Waals surface area contributed by atoms with Crippen LogP contribution in [0.15, 0.2) is 29.0 Å². The van der Waals surface area contributed by atoms with E-state index < -0.39 is 5.82 Å². The molecule has 0 fully saturated rings. The maximum atomic E-state index is 13.4. The molecule has 1 heterocycles. The van der Waals surface area contributed by atoms with Crippen molar-refractivity contribution in [1.82, 2.24) is 14.8 Å². The Bertz CT molecular complexity index is 527. The number of benzene rings is 1. The van der Waals surface area contributed by atoms with Crippen molar-refractivity contribution in [2.75, 3.05) is 0 Å². The standard InChI is InChI=1S/C11H11BrFN3O/c1-7(2)16-11(14-10(12)15-16)17-9-6-4-3-5-8(9)13/h3-7H,1-2H3. The second-order valence-electron chi connectivity index (χ2n) is 3.73. The van der Waals surface area contributed by atoms with Gasteiger partial charge in [-0.3, -0.25) is 0 Å². The summed E-state index contributed by atoms with van der Waals surface area (Å²) in [4.78, 5) is 4.05. The van der Waals surface area contributed by atoms with Gasteiger partial charge in [-0.25, -0.2) is 9.07 Å². The Balaban J connectivity index is 2.33. The number of ether oxygens (including phenoxy) is 1. The Labute approximate surface area is 107 Å². The molecule has 4 nitrogen and oxygen atoms in total. The third kappa shape index (κ3) is 2.63. The number of hydrogen-bond donors (Lipinski definition) is 0. The third-order valence-electron chi connectivity index (χ3n) is 2.10. The summed E-state index contributed by atoms with van der Waals surface area (Å²) in [6, 6.07) is 6.52. The maximum Gasteiger partial charge on any atom is 0.321 e. The fraction of sp³-hybridized carbons (Fsp3) is 0.273. The highest BCUT2D eigenvalue weighted by Crippen LogP contribution is 2.25. The van der Waals surface area contributed by atoms with Gasteiger partial charge in [0.2, 0.25) is 4.73 Å². The van der Waals surface area contributed by atoms with Crippen LogP contribution < -0.4 is 4.74 Å². The van der Waals surface area contributed by atoms with E-state index in [1.54, 1.807) is 22.9 Å². The average Bonchev–Trinajstić information content (AvgIpc) is 2.63. The molecule has 0 radical (unpaired) electrons. The summed E-state index contributed by atoms with van der Waals surface area (Å²) in [5.41, 5.74) is 0. The van der Waals surface area contributed by atoms with Crippen LogP contribution in [0.2, 0.25) is 0 Å². The number of hydrogen-bond acceptors (Lipinski definition) is 3. The minimum Gasteiger partial charge on any atom is -0.421 e. The topological polar surface area (TPSA) is 39.9 Å². The molecule has 0 aliphatic rings. The average molecular weight is 300 g/mol. The van der Waals surface area contributed by atoms with Gasteiger partial charge in [0.15, 0.2) is 11.6 Å². The molecule has 0 spiro atoms. The summed E-state index contributed by atoms with van der Waals surface area (Å²) in [5.74, 6) is -0.295. The van der Waals surface area contributed by atoms with Crippen LogP contribution in [0.25, 0.3) is 0 Å². The lowest BCUT2D eigenvalue weighted by molar-refractivity contribution is 0.360. The van der Waals surface area contributed by atoms with Crippen LogP contribution in [-0.4, -0.2) is 14.8 Å². The van der Waals surface area contributed by atoms with Crippen molar-refractivity contribution >= 4 is 15.9 Å². The van der Waals surface area contributed by atoms with E-state index in [2.05, 4.69) is 26.0 Å². The lowest BCUT2D eigenvalue weighted by Crippen LogP contribution is -2.05. The van der Waals surface area contributed by atoms with Gasteiger partial charge in [-0.15, -0.1) is 5.10 Å². The summed E-state index contributed by atoms with van der Waals surface area (Å²) in [6.07, 6.45) is 0. The van der Waals surface area contributed by atoms with Crippen molar-refractivity contribution in [3.63, 3.8) is 0 Å². The van der Waals surface area contributed by atoms with Gasteiger partial charge in [0.1, 0.15) is 0 Å². The van der Waals surface area contributed by atoms with Crippen LogP contribution in [0, 0.1) is 5.82 Å². The monoisotopic (exact) mass is 299 g/mol. The molecule has 0 unspecified atom stereocenters. The molecule has 1 aromatic heterocycles. The Hall–Kier alpha value is -1.43. The first-order valence-corrected chi connectivity index (χ1v) is 5.91. The molecule has 2 aromatic rings. The van der Waals surface area contributed by atoms with Gasteiger partial charge in [-0.05, 0) is 41.9 Å². The molecule has 2 rings (SSSR count). The molecule has 17 heavy (non-hydrogen) atoms. The Morgan fingerprint density at radius 2 is 2.06 bits per heavy atom. The summed E-state index contributed by atoms with van der Waals surface area (Å²) in [6.45, 7) is 3.88. The molecular weight excluding hydrogens is 289 g/mol. The van der Waals surface area contributed by atoms with Crippen molar-refractivity contribution in [3.05, 3.63) is 34.8 Å². The molecule has 0 atom stereocenters. The van der Waals surface area contributed by atoms with Gasteiger partial charge >= 0.3 is 6.01 Å². The van der Waals surface area contributed by atoms with Crippen LogP contribution in [0.4, 0.5) is 4.39 Å². The molecular formula is C11H11BrFN3O. The zero-order valence-corrected chi connectivity index (χ0v) is 11.0. The highest BCUT2D eigenvalue weighted by Gasteiger charge is 2.14. The highest BCUT2D eigenvalue weighted by atomic mass is 79.9. The van der Waals surface area contributed by atoms with Gasteiger partial charge in [-0.2, -0.15) is 4.98 Å². The largest absolute Gasteiger partial charge is 0.421 e. The number of rotatable bonds is 3. The van der Waals surface area contributed by atoms with Gasteiger partial charge in [0.25, 0.3) is 0 Å². The second kappa shape index (κ2) is 4.83. The fourth-order valence-electron chi connectivity index (χ4n) is 1.32. The lowest BCUT2D eigenvalue weighted by Gasteiger charge is -2.09. The smallest absolute Gasteiger partial charge is 0.321 e. The maximum absolute atomic E-state index is 13.4. The normalized spacial score (nSPS) is 10.9. The van der Waals surface area contributed by atoms with E-state index in [1.165, 1.54) is 6.07 Å². The zero-order valence-electron chi connectivity index (χ0n) is 9.39. The molecule has 0 bridgehead atoms. The van der Waals surface area contributed by atoms with E-state index in [9.17, 15) is 4.39 Å². The van der Waals surface area contributed by atoms with Gasteiger partial charge < -0.3 is 4.74 Å². The minimum absolute atomic E-state index is 0.0792. The third-order valence-corrected chi connectivity index (χ3v) is 2.44. The van der Waals surface area contributed by atoms with Crippen molar-refractivity contribution in [1.29, 1.82) is 0 Å². The molecule has 0 N–H and O–H groups in total.